The van der Waals surface area contributed by atoms with Crippen molar-refractivity contribution in [3.8, 4) is 5.75 Å². The SMILES string of the molecule is Cc1ncc(CO)c(C=NC[C@@H](c2ccccc2Cl)N(C)C)c1O. The van der Waals surface area contributed by atoms with Gasteiger partial charge < -0.3 is 15.1 Å². The molecule has 0 spiro atoms. The molecule has 1 aromatic carbocycles. The van der Waals surface area contributed by atoms with Crippen molar-refractivity contribution < 1.29 is 10.2 Å². The summed E-state index contributed by atoms with van der Waals surface area (Å²) in [5, 5.41) is 20.3. The van der Waals surface area contributed by atoms with E-state index in [9.17, 15) is 10.2 Å². The van der Waals surface area contributed by atoms with E-state index < -0.39 is 0 Å². The molecular weight excluding hydrogens is 326 g/mol. The predicted octanol–water partition coefficient (Wildman–Crippen LogP) is 2.96. The summed E-state index contributed by atoms with van der Waals surface area (Å²) in [5.41, 5.74) is 2.55. The number of halogens is 1. The van der Waals surface area contributed by atoms with E-state index in [1.54, 1.807) is 19.3 Å². The Kier molecular flexibility index (Phi) is 6.31. The lowest BCUT2D eigenvalue weighted by Crippen LogP contribution is -2.23. The molecule has 6 heteroatoms. The van der Waals surface area contributed by atoms with Crippen LogP contribution in [0.15, 0.2) is 35.5 Å². The molecule has 0 fully saturated rings. The van der Waals surface area contributed by atoms with Gasteiger partial charge in [0.2, 0.25) is 0 Å². The Morgan fingerprint density at radius 2 is 2.04 bits per heavy atom. The summed E-state index contributed by atoms with van der Waals surface area (Å²) in [7, 11) is 3.94. The number of likely N-dealkylation sites (N-methyl/N-ethyl adjacent to an activating group) is 1. The van der Waals surface area contributed by atoms with Crippen LogP contribution in [0.4, 0.5) is 0 Å². The Morgan fingerprint density at radius 3 is 2.67 bits per heavy atom. The van der Waals surface area contributed by atoms with Crippen LogP contribution in [0.1, 0.15) is 28.4 Å². The fourth-order valence-corrected chi connectivity index (χ4v) is 2.71. The quantitative estimate of drug-likeness (QED) is 0.788. The molecule has 1 atom stereocenters. The highest BCUT2D eigenvalue weighted by molar-refractivity contribution is 6.31. The van der Waals surface area contributed by atoms with Crippen LogP contribution in [0.5, 0.6) is 5.75 Å². The molecule has 5 nitrogen and oxygen atoms in total. The van der Waals surface area contributed by atoms with Gasteiger partial charge in [0.05, 0.1) is 24.9 Å². The lowest BCUT2D eigenvalue weighted by molar-refractivity contribution is 0.280. The van der Waals surface area contributed by atoms with Gasteiger partial charge in [-0.2, -0.15) is 0 Å². The zero-order valence-electron chi connectivity index (χ0n) is 14.1. The number of aliphatic hydroxyl groups excluding tert-OH is 1. The van der Waals surface area contributed by atoms with Crippen LogP contribution in [0, 0.1) is 6.92 Å². The maximum absolute atomic E-state index is 10.1. The Bertz CT molecular complexity index is 732. The van der Waals surface area contributed by atoms with E-state index in [0.717, 1.165) is 5.56 Å². The molecule has 0 aliphatic rings. The van der Waals surface area contributed by atoms with E-state index >= 15 is 0 Å². The third-order valence-electron chi connectivity index (χ3n) is 3.91. The van der Waals surface area contributed by atoms with Crippen LogP contribution >= 0.6 is 11.6 Å². The average molecular weight is 348 g/mol. The minimum absolute atomic E-state index is 0.0117. The number of hydrogen-bond acceptors (Lipinski definition) is 5. The molecule has 1 aromatic heterocycles. The highest BCUT2D eigenvalue weighted by atomic mass is 35.5. The molecule has 0 amide bonds. The van der Waals surface area contributed by atoms with Crippen molar-refractivity contribution in [2.45, 2.75) is 19.6 Å². The van der Waals surface area contributed by atoms with Crippen molar-refractivity contribution >= 4 is 17.8 Å². The second kappa shape index (κ2) is 8.24. The number of aliphatic imine (C=N–C) groups is 1. The molecular formula is C18H22ClN3O2. The highest BCUT2D eigenvalue weighted by Crippen LogP contribution is 2.27. The van der Waals surface area contributed by atoms with Crippen molar-refractivity contribution in [1.29, 1.82) is 0 Å². The first kappa shape index (κ1) is 18.4. The Labute approximate surface area is 147 Å². The minimum atomic E-state index is -0.205. The van der Waals surface area contributed by atoms with Gasteiger partial charge in [-0.05, 0) is 32.6 Å². The fourth-order valence-electron chi connectivity index (χ4n) is 2.45. The van der Waals surface area contributed by atoms with E-state index in [2.05, 4.69) is 9.98 Å². The summed E-state index contributed by atoms with van der Waals surface area (Å²) in [6.45, 7) is 1.98. The second-order valence-electron chi connectivity index (χ2n) is 5.78. The molecule has 2 aromatic rings. The van der Waals surface area contributed by atoms with Gasteiger partial charge in [-0.1, -0.05) is 29.8 Å². The van der Waals surface area contributed by atoms with E-state index in [1.807, 2.05) is 43.3 Å². The average Bonchev–Trinajstić information content (AvgIpc) is 2.56. The monoisotopic (exact) mass is 347 g/mol. The number of nitrogens with zero attached hydrogens (tertiary/aromatic N) is 3. The molecule has 2 N–H and O–H groups in total. The first-order valence-electron chi connectivity index (χ1n) is 7.64. The summed E-state index contributed by atoms with van der Waals surface area (Å²) in [6, 6.07) is 7.70. The number of rotatable bonds is 6. The lowest BCUT2D eigenvalue weighted by atomic mass is 10.1. The van der Waals surface area contributed by atoms with Crippen LogP contribution in [0.3, 0.4) is 0 Å². The van der Waals surface area contributed by atoms with Crippen LogP contribution in [0.2, 0.25) is 5.02 Å². The van der Waals surface area contributed by atoms with Gasteiger partial charge in [-0.15, -0.1) is 0 Å². The van der Waals surface area contributed by atoms with Crippen LogP contribution in [-0.4, -0.2) is 47.0 Å². The third kappa shape index (κ3) is 4.12. The summed E-state index contributed by atoms with van der Waals surface area (Å²) >= 11 is 6.29. The zero-order chi connectivity index (χ0) is 17.7. The normalized spacial score (nSPS) is 12.9. The maximum Gasteiger partial charge on any atom is 0.145 e. The summed E-state index contributed by atoms with van der Waals surface area (Å²) in [4.78, 5) is 10.6. The molecule has 1 heterocycles. The number of aliphatic hydroxyl groups is 1. The number of aryl methyl sites for hydroxylation is 1. The van der Waals surface area contributed by atoms with Crippen molar-refractivity contribution in [2.24, 2.45) is 4.99 Å². The molecule has 0 saturated carbocycles. The molecule has 0 aliphatic carbocycles. The Hall–Kier alpha value is -1.95. The van der Waals surface area contributed by atoms with Gasteiger partial charge >= 0.3 is 0 Å². The number of benzene rings is 1. The standard InChI is InChI=1S/C18H22ClN3O2/c1-12-18(24)15(13(11-23)8-21-12)9-20-10-17(22(2)3)14-6-4-5-7-16(14)19/h4-9,17,23-24H,10-11H2,1-3H3/t17-/m0/s1. The van der Waals surface area contributed by atoms with Crippen molar-refractivity contribution in [1.82, 2.24) is 9.88 Å². The van der Waals surface area contributed by atoms with E-state index in [0.29, 0.717) is 28.4 Å². The van der Waals surface area contributed by atoms with Crippen molar-refractivity contribution in [2.75, 3.05) is 20.6 Å². The summed E-state index contributed by atoms with van der Waals surface area (Å²) in [5.74, 6) is 0.0458. The lowest BCUT2D eigenvalue weighted by Gasteiger charge is -2.24. The summed E-state index contributed by atoms with van der Waals surface area (Å²) in [6.07, 6.45) is 3.14. The summed E-state index contributed by atoms with van der Waals surface area (Å²) < 4.78 is 0. The fraction of sp³-hybridized carbons (Fsp3) is 0.333. The third-order valence-corrected chi connectivity index (χ3v) is 4.26. The van der Waals surface area contributed by atoms with E-state index in [-0.39, 0.29) is 18.4 Å². The number of pyridine rings is 1. The van der Waals surface area contributed by atoms with Gasteiger partial charge in [-0.3, -0.25) is 9.98 Å². The Balaban J connectivity index is 2.26. The highest BCUT2D eigenvalue weighted by Gasteiger charge is 2.16. The predicted molar refractivity (Wildman–Crippen MR) is 96.9 cm³/mol. The maximum atomic E-state index is 10.1. The van der Waals surface area contributed by atoms with Gasteiger partial charge in [0.15, 0.2) is 0 Å². The van der Waals surface area contributed by atoms with Gasteiger partial charge in [0.25, 0.3) is 0 Å². The van der Waals surface area contributed by atoms with Gasteiger partial charge in [0, 0.05) is 28.6 Å². The molecule has 24 heavy (non-hydrogen) atoms. The zero-order valence-corrected chi connectivity index (χ0v) is 14.8. The van der Waals surface area contributed by atoms with Crippen LogP contribution < -0.4 is 0 Å². The smallest absolute Gasteiger partial charge is 0.145 e. The number of aromatic hydroxyl groups is 1. The molecule has 0 radical (unpaired) electrons. The molecule has 128 valence electrons. The van der Waals surface area contributed by atoms with Gasteiger partial charge in [0.1, 0.15) is 5.75 Å². The molecule has 0 unspecified atom stereocenters. The molecule has 0 bridgehead atoms. The second-order valence-corrected chi connectivity index (χ2v) is 6.19. The van der Waals surface area contributed by atoms with E-state index in [4.69, 9.17) is 11.6 Å². The van der Waals surface area contributed by atoms with E-state index in [1.165, 1.54) is 0 Å². The van der Waals surface area contributed by atoms with Crippen molar-refractivity contribution in [3.63, 3.8) is 0 Å². The van der Waals surface area contributed by atoms with Crippen LogP contribution in [-0.2, 0) is 6.61 Å². The first-order chi connectivity index (χ1) is 11.5. The molecule has 2 rings (SSSR count). The largest absolute Gasteiger partial charge is 0.505 e. The molecule has 0 saturated heterocycles. The van der Waals surface area contributed by atoms with Gasteiger partial charge in [-0.25, -0.2) is 0 Å². The molecule has 0 aliphatic heterocycles. The van der Waals surface area contributed by atoms with Crippen LogP contribution in [0.25, 0.3) is 0 Å². The van der Waals surface area contributed by atoms with Crippen molar-refractivity contribution in [3.05, 3.63) is 57.9 Å². The topological polar surface area (TPSA) is 69.0 Å². The Morgan fingerprint density at radius 1 is 1.33 bits per heavy atom. The minimum Gasteiger partial charge on any atom is -0.505 e. The number of aromatic nitrogens is 1. The number of hydrogen-bond donors (Lipinski definition) is 2. The first-order valence-corrected chi connectivity index (χ1v) is 8.02.